The highest BCUT2D eigenvalue weighted by molar-refractivity contribution is 7.12. The molecule has 4 nitrogen and oxygen atoms in total. The molecule has 1 heterocycles. The van der Waals surface area contributed by atoms with Crippen molar-refractivity contribution >= 4 is 23.2 Å². The lowest BCUT2D eigenvalue weighted by atomic mass is 10.0. The third-order valence-corrected chi connectivity index (χ3v) is 3.38. The monoisotopic (exact) mass is 255 g/mol. The summed E-state index contributed by atoms with van der Waals surface area (Å²) in [5, 5.41) is 11.5. The van der Waals surface area contributed by atoms with Gasteiger partial charge in [0.2, 0.25) is 5.91 Å². The lowest BCUT2D eigenvalue weighted by Crippen LogP contribution is -2.44. The Hall–Kier alpha value is -1.36. The maximum Gasteiger partial charge on any atom is 0.326 e. The van der Waals surface area contributed by atoms with Gasteiger partial charge in [0, 0.05) is 9.75 Å². The summed E-state index contributed by atoms with van der Waals surface area (Å²) in [6, 6.07) is 3.03. The molecule has 0 saturated carbocycles. The van der Waals surface area contributed by atoms with E-state index in [-0.39, 0.29) is 18.2 Å². The molecule has 94 valence electrons. The molecule has 0 fully saturated rings. The van der Waals surface area contributed by atoms with Crippen LogP contribution in [0.25, 0.3) is 0 Å². The first kappa shape index (κ1) is 13.7. The molecule has 5 heteroatoms. The normalized spacial score (nSPS) is 12.5. The number of amides is 1. The van der Waals surface area contributed by atoms with E-state index in [0.717, 1.165) is 9.75 Å². The van der Waals surface area contributed by atoms with E-state index in [4.69, 9.17) is 5.11 Å². The third kappa shape index (κ3) is 4.19. The molecular weight excluding hydrogens is 238 g/mol. The van der Waals surface area contributed by atoms with Gasteiger partial charge in [-0.25, -0.2) is 4.79 Å². The minimum absolute atomic E-state index is 0.124. The Morgan fingerprint density at radius 1 is 1.41 bits per heavy atom. The van der Waals surface area contributed by atoms with Crippen LogP contribution in [-0.4, -0.2) is 23.0 Å². The fraction of sp³-hybridized carbons (Fsp3) is 0.500. The molecule has 1 atom stereocenters. The molecule has 0 saturated heterocycles. The van der Waals surface area contributed by atoms with Crippen molar-refractivity contribution in [3.05, 3.63) is 21.9 Å². The molecule has 2 N–H and O–H groups in total. The summed E-state index contributed by atoms with van der Waals surface area (Å²) in [6.07, 6.45) is 0.245. The summed E-state index contributed by atoms with van der Waals surface area (Å²) < 4.78 is 0. The maximum absolute atomic E-state index is 11.7. The molecule has 1 amide bonds. The van der Waals surface area contributed by atoms with Crippen molar-refractivity contribution < 1.29 is 14.7 Å². The zero-order valence-electron chi connectivity index (χ0n) is 10.2. The summed E-state index contributed by atoms with van der Waals surface area (Å²) in [5.41, 5.74) is 0. The van der Waals surface area contributed by atoms with Crippen LogP contribution in [0.5, 0.6) is 0 Å². The van der Waals surface area contributed by atoms with Gasteiger partial charge >= 0.3 is 5.97 Å². The average Bonchev–Trinajstić information content (AvgIpc) is 2.59. The summed E-state index contributed by atoms with van der Waals surface area (Å²) in [6.45, 7) is 5.52. The van der Waals surface area contributed by atoms with Crippen molar-refractivity contribution in [3.63, 3.8) is 0 Å². The van der Waals surface area contributed by atoms with E-state index in [1.807, 2.05) is 19.1 Å². The number of hydrogen-bond acceptors (Lipinski definition) is 3. The molecule has 1 rings (SSSR count). The largest absolute Gasteiger partial charge is 0.480 e. The van der Waals surface area contributed by atoms with E-state index < -0.39 is 12.0 Å². The smallest absolute Gasteiger partial charge is 0.326 e. The molecule has 0 aliphatic heterocycles. The fourth-order valence-corrected chi connectivity index (χ4v) is 2.37. The van der Waals surface area contributed by atoms with Crippen LogP contribution in [-0.2, 0) is 16.0 Å². The van der Waals surface area contributed by atoms with Crippen molar-refractivity contribution in [1.82, 2.24) is 5.32 Å². The Morgan fingerprint density at radius 2 is 2.06 bits per heavy atom. The van der Waals surface area contributed by atoms with E-state index in [2.05, 4.69) is 5.32 Å². The first-order valence-corrected chi connectivity index (χ1v) is 6.29. The Bertz CT molecular complexity index is 412. The second-order valence-corrected chi connectivity index (χ2v) is 5.69. The number of rotatable bonds is 5. The molecule has 0 bridgehead atoms. The lowest BCUT2D eigenvalue weighted by Gasteiger charge is -2.17. The second-order valence-electron chi connectivity index (χ2n) is 4.32. The molecule has 0 aromatic carbocycles. The van der Waals surface area contributed by atoms with Crippen molar-refractivity contribution in [1.29, 1.82) is 0 Å². The molecule has 0 unspecified atom stereocenters. The SMILES string of the molecule is Cc1ccc(CC(=O)N[C@H](C(=O)O)C(C)C)s1. The van der Waals surface area contributed by atoms with Gasteiger partial charge in [-0.05, 0) is 25.0 Å². The Morgan fingerprint density at radius 3 is 2.47 bits per heavy atom. The number of carboxylic acid groups (broad SMARTS) is 1. The number of carbonyl (C=O) groups excluding carboxylic acids is 1. The van der Waals surface area contributed by atoms with Gasteiger partial charge in [0.05, 0.1) is 6.42 Å². The topological polar surface area (TPSA) is 66.4 Å². The molecule has 17 heavy (non-hydrogen) atoms. The lowest BCUT2D eigenvalue weighted by molar-refractivity contribution is -0.143. The molecule has 0 radical (unpaired) electrons. The fourth-order valence-electron chi connectivity index (χ4n) is 1.48. The van der Waals surface area contributed by atoms with E-state index >= 15 is 0 Å². The first-order chi connectivity index (χ1) is 7.90. The van der Waals surface area contributed by atoms with Crippen LogP contribution in [0.1, 0.15) is 23.6 Å². The van der Waals surface area contributed by atoms with Crippen molar-refractivity contribution in [2.75, 3.05) is 0 Å². The van der Waals surface area contributed by atoms with Crippen LogP contribution in [0.4, 0.5) is 0 Å². The Labute approximate surface area is 105 Å². The van der Waals surface area contributed by atoms with Crippen molar-refractivity contribution in [2.45, 2.75) is 33.2 Å². The number of thiophene rings is 1. The molecule has 0 aliphatic rings. The van der Waals surface area contributed by atoms with Crippen LogP contribution >= 0.6 is 11.3 Å². The van der Waals surface area contributed by atoms with Crippen LogP contribution in [0.3, 0.4) is 0 Å². The van der Waals surface area contributed by atoms with Crippen LogP contribution < -0.4 is 5.32 Å². The van der Waals surface area contributed by atoms with Crippen LogP contribution in [0, 0.1) is 12.8 Å². The molecular formula is C12H17NO3S. The first-order valence-electron chi connectivity index (χ1n) is 5.47. The molecule has 1 aromatic heterocycles. The van der Waals surface area contributed by atoms with E-state index in [1.165, 1.54) is 0 Å². The van der Waals surface area contributed by atoms with Gasteiger partial charge in [-0.2, -0.15) is 0 Å². The predicted molar refractivity (Wildman–Crippen MR) is 67.2 cm³/mol. The Balaban J connectivity index is 2.56. The van der Waals surface area contributed by atoms with Gasteiger partial charge in [-0.1, -0.05) is 13.8 Å². The minimum atomic E-state index is -0.990. The highest BCUT2D eigenvalue weighted by atomic mass is 32.1. The highest BCUT2D eigenvalue weighted by Gasteiger charge is 2.23. The second kappa shape index (κ2) is 5.82. The van der Waals surface area contributed by atoms with Gasteiger partial charge in [0.1, 0.15) is 6.04 Å². The number of hydrogen-bond donors (Lipinski definition) is 2. The summed E-state index contributed by atoms with van der Waals surface area (Å²) >= 11 is 1.55. The summed E-state index contributed by atoms with van der Waals surface area (Å²) in [7, 11) is 0. The zero-order valence-corrected chi connectivity index (χ0v) is 11.0. The molecule has 1 aromatic rings. The quantitative estimate of drug-likeness (QED) is 0.843. The number of carbonyl (C=O) groups is 2. The minimum Gasteiger partial charge on any atom is -0.480 e. The molecule has 0 spiro atoms. The highest BCUT2D eigenvalue weighted by Crippen LogP contribution is 2.15. The van der Waals surface area contributed by atoms with Gasteiger partial charge in [-0.15, -0.1) is 11.3 Å². The van der Waals surface area contributed by atoms with Gasteiger partial charge in [0.25, 0.3) is 0 Å². The maximum atomic E-state index is 11.7. The number of nitrogens with one attached hydrogen (secondary N) is 1. The number of aryl methyl sites for hydroxylation is 1. The number of aliphatic carboxylic acids is 1. The van der Waals surface area contributed by atoms with E-state index in [1.54, 1.807) is 25.2 Å². The molecule has 0 aliphatic carbocycles. The van der Waals surface area contributed by atoms with E-state index in [9.17, 15) is 9.59 Å². The van der Waals surface area contributed by atoms with Crippen LogP contribution in [0.2, 0.25) is 0 Å². The summed E-state index contributed by atoms with van der Waals surface area (Å²) in [5.74, 6) is -1.36. The Kier molecular flexibility index (Phi) is 4.69. The van der Waals surface area contributed by atoms with Gasteiger partial charge < -0.3 is 10.4 Å². The predicted octanol–water partition coefficient (Wildman–Crippen LogP) is 1.82. The van der Waals surface area contributed by atoms with Gasteiger partial charge in [-0.3, -0.25) is 4.79 Å². The van der Waals surface area contributed by atoms with Gasteiger partial charge in [0.15, 0.2) is 0 Å². The standard InChI is InChI=1S/C12H17NO3S/c1-7(2)11(12(15)16)13-10(14)6-9-5-4-8(3)17-9/h4-5,7,11H,6H2,1-3H3,(H,13,14)(H,15,16)/t11-/m0/s1. The number of carboxylic acids is 1. The summed E-state index contributed by atoms with van der Waals surface area (Å²) in [4.78, 5) is 24.7. The van der Waals surface area contributed by atoms with Crippen molar-refractivity contribution in [3.8, 4) is 0 Å². The van der Waals surface area contributed by atoms with Crippen molar-refractivity contribution in [2.24, 2.45) is 5.92 Å². The van der Waals surface area contributed by atoms with E-state index in [0.29, 0.717) is 0 Å². The average molecular weight is 255 g/mol. The van der Waals surface area contributed by atoms with Crippen LogP contribution in [0.15, 0.2) is 12.1 Å². The third-order valence-electron chi connectivity index (χ3n) is 2.38. The zero-order chi connectivity index (χ0) is 13.0.